The lowest BCUT2D eigenvalue weighted by Crippen LogP contribution is -2.24. The molecule has 66 heavy (non-hydrogen) atoms. The summed E-state index contributed by atoms with van der Waals surface area (Å²) in [6.07, 6.45) is 2.96. The monoisotopic (exact) mass is 926 g/mol. The van der Waals surface area contributed by atoms with Gasteiger partial charge in [0.15, 0.2) is 0 Å². The van der Waals surface area contributed by atoms with Gasteiger partial charge in [-0.2, -0.15) is 0 Å². The van der Waals surface area contributed by atoms with Crippen molar-refractivity contribution in [2.45, 2.75) is 26.9 Å². The molecule has 0 aliphatic rings. The molecule has 0 bridgehead atoms. The highest BCUT2D eigenvalue weighted by Gasteiger charge is 2.28. The molecule has 8 aromatic rings. The standard InChI is InChI=1S/2C25H22ClN3O4/c1-15-23(24(30)25(31)28-22-11-9-19(33-3)13-27-22)20-12-18(32-2)8-10-21(20)29(15)14-16-4-6-17(26)7-5-16;1-15-23(24(30)25(31)28-22-13-19(33-3)10-11-27-22)20-12-18(32-2)8-9-21(20)29(15)14-16-4-6-17(26)7-5-16/h2*4-13H,14H2,1-3H3,(H,27,28,31). The molecule has 336 valence electrons. The first-order valence-corrected chi connectivity index (χ1v) is 21.1. The van der Waals surface area contributed by atoms with Gasteiger partial charge in [0.1, 0.15) is 34.6 Å². The number of anilines is 2. The summed E-state index contributed by atoms with van der Waals surface area (Å²) in [6, 6.07) is 32.4. The maximum absolute atomic E-state index is 13.3. The summed E-state index contributed by atoms with van der Waals surface area (Å²) in [5.41, 5.74) is 5.66. The van der Waals surface area contributed by atoms with Crippen LogP contribution in [0.4, 0.5) is 11.6 Å². The number of carbonyl (C=O) groups is 4. The van der Waals surface area contributed by atoms with Crippen LogP contribution in [0.3, 0.4) is 0 Å². The molecule has 0 spiro atoms. The molecule has 0 saturated carbocycles. The first kappa shape index (κ1) is 46.3. The number of nitrogens with zero attached hydrogens (tertiary/aromatic N) is 4. The Morgan fingerprint density at radius 3 is 1.36 bits per heavy atom. The maximum atomic E-state index is 13.3. The molecule has 0 aliphatic carbocycles. The smallest absolute Gasteiger partial charge is 0.298 e. The summed E-state index contributed by atoms with van der Waals surface area (Å²) in [5.74, 6) is -0.129. The third kappa shape index (κ3) is 10.1. The summed E-state index contributed by atoms with van der Waals surface area (Å²) < 4.78 is 24.9. The number of aromatic nitrogens is 4. The van der Waals surface area contributed by atoms with E-state index in [1.165, 1.54) is 26.6 Å². The lowest BCUT2D eigenvalue weighted by Gasteiger charge is -2.09. The number of ether oxygens (including phenoxy) is 4. The topological polar surface area (TPSA) is 165 Å². The van der Waals surface area contributed by atoms with Gasteiger partial charge in [-0.25, -0.2) is 9.97 Å². The van der Waals surface area contributed by atoms with Crippen LogP contribution < -0.4 is 29.6 Å². The highest BCUT2D eigenvalue weighted by atomic mass is 35.5. The minimum Gasteiger partial charge on any atom is -0.497 e. The average molecular weight is 928 g/mol. The summed E-state index contributed by atoms with van der Waals surface area (Å²) in [7, 11) is 6.15. The van der Waals surface area contributed by atoms with Gasteiger partial charge in [0, 0.05) is 68.6 Å². The van der Waals surface area contributed by atoms with Crippen LogP contribution in [0.1, 0.15) is 43.2 Å². The van der Waals surface area contributed by atoms with Crippen molar-refractivity contribution in [1.82, 2.24) is 19.1 Å². The van der Waals surface area contributed by atoms with Crippen molar-refractivity contribution in [2.75, 3.05) is 39.1 Å². The van der Waals surface area contributed by atoms with Gasteiger partial charge in [-0.15, -0.1) is 0 Å². The normalized spacial score (nSPS) is 10.8. The molecule has 2 amide bonds. The van der Waals surface area contributed by atoms with Crippen molar-refractivity contribution in [1.29, 1.82) is 0 Å². The Balaban J connectivity index is 0.000000196. The molecular formula is C50H44Cl2N6O8. The highest BCUT2D eigenvalue weighted by molar-refractivity contribution is 6.49. The Kier molecular flexibility index (Phi) is 14.3. The SMILES string of the molecule is COc1ccc(NC(=O)C(=O)c2c(C)n(Cc3ccc(Cl)cc3)c3ccc(OC)cc23)nc1.COc1ccnc(NC(=O)C(=O)c2c(C)n(Cc3ccc(Cl)cc3)c3ccc(OC)cc23)c1. The first-order valence-electron chi connectivity index (χ1n) is 20.4. The van der Waals surface area contributed by atoms with E-state index in [1.807, 2.05) is 95.8 Å². The summed E-state index contributed by atoms with van der Waals surface area (Å²) >= 11 is 12.0. The molecule has 0 aliphatic heterocycles. The van der Waals surface area contributed by atoms with Crippen LogP contribution in [0.2, 0.25) is 10.0 Å². The zero-order chi connectivity index (χ0) is 47.1. The van der Waals surface area contributed by atoms with Gasteiger partial charge in [0.25, 0.3) is 23.4 Å². The second-order valence-electron chi connectivity index (χ2n) is 14.8. The maximum Gasteiger partial charge on any atom is 0.298 e. The molecule has 8 rings (SSSR count). The van der Waals surface area contributed by atoms with Crippen LogP contribution >= 0.6 is 23.2 Å². The molecule has 0 atom stereocenters. The largest absolute Gasteiger partial charge is 0.497 e. The van der Waals surface area contributed by atoms with Crippen LogP contribution in [0.25, 0.3) is 21.8 Å². The summed E-state index contributed by atoms with van der Waals surface area (Å²) in [4.78, 5) is 60.5. The molecular weight excluding hydrogens is 883 g/mol. The van der Waals surface area contributed by atoms with Crippen molar-refractivity contribution in [3.63, 3.8) is 0 Å². The van der Waals surface area contributed by atoms with Crippen molar-refractivity contribution >= 4 is 80.0 Å². The Morgan fingerprint density at radius 2 is 0.939 bits per heavy atom. The van der Waals surface area contributed by atoms with Crippen LogP contribution in [0.5, 0.6) is 23.0 Å². The lowest BCUT2D eigenvalue weighted by atomic mass is 10.1. The molecule has 14 nitrogen and oxygen atoms in total. The number of Topliss-reactive ketones (excluding diaryl/α,β-unsaturated/α-hetero) is 2. The van der Waals surface area contributed by atoms with Gasteiger partial charge in [-0.3, -0.25) is 19.2 Å². The fourth-order valence-corrected chi connectivity index (χ4v) is 7.71. The Labute approximate surface area is 390 Å². The Hall–Kier alpha value is -7.68. The number of fused-ring (bicyclic) bond motifs is 2. The zero-order valence-electron chi connectivity index (χ0n) is 36.8. The Morgan fingerprint density at radius 1 is 0.515 bits per heavy atom. The van der Waals surface area contributed by atoms with Crippen LogP contribution in [0.15, 0.2) is 122 Å². The fraction of sp³-hybridized carbons (Fsp3) is 0.160. The van der Waals surface area contributed by atoms with E-state index >= 15 is 0 Å². The van der Waals surface area contributed by atoms with Crippen LogP contribution in [-0.2, 0) is 22.7 Å². The van der Waals surface area contributed by atoms with E-state index in [2.05, 4.69) is 20.6 Å². The van der Waals surface area contributed by atoms with E-state index in [9.17, 15) is 19.2 Å². The molecule has 0 fully saturated rings. The number of nitrogens with one attached hydrogen (secondary N) is 2. The third-order valence-corrected chi connectivity index (χ3v) is 11.4. The number of hydrogen-bond donors (Lipinski definition) is 2. The van der Waals surface area contributed by atoms with E-state index < -0.39 is 23.4 Å². The van der Waals surface area contributed by atoms with Crippen molar-refractivity contribution in [3.05, 3.63) is 165 Å². The number of rotatable bonds is 14. The molecule has 4 aromatic carbocycles. The van der Waals surface area contributed by atoms with E-state index in [-0.39, 0.29) is 11.6 Å². The first-order chi connectivity index (χ1) is 31.8. The highest BCUT2D eigenvalue weighted by Crippen LogP contribution is 2.33. The molecule has 0 saturated heterocycles. The van der Waals surface area contributed by atoms with Crippen molar-refractivity contribution in [3.8, 4) is 23.0 Å². The molecule has 16 heteroatoms. The molecule has 4 aromatic heterocycles. The van der Waals surface area contributed by atoms with E-state index in [4.69, 9.17) is 42.1 Å². The third-order valence-electron chi connectivity index (χ3n) is 10.9. The molecule has 4 heterocycles. The second kappa shape index (κ2) is 20.4. The van der Waals surface area contributed by atoms with Gasteiger partial charge in [0.2, 0.25) is 0 Å². The molecule has 2 N–H and O–H groups in total. The summed E-state index contributed by atoms with van der Waals surface area (Å²) in [5, 5.41) is 7.71. The number of methoxy groups -OCH3 is 4. The zero-order valence-corrected chi connectivity index (χ0v) is 38.3. The van der Waals surface area contributed by atoms with E-state index in [1.54, 1.807) is 50.6 Å². The number of hydrogen-bond acceptors (Lipinski definition) is 10. The van der Waals surface area contributed by atoms with E-state index in [0.717, 1.165) is 22.2 Å². The van der Waals surface area contributed by atoms with Gasteiger partial charge < -0.3 is 38.7 Å². The quantitative estimate of drug-likeness (QED) is 0.0793. The number of pyridine rings is 2. The number of halogens is 2. The second-order valence-corrected chi connectivity index (χ2v) is 15.7. The van der Waals surface area contributed by atoms with Gasteiger partial charge in [-0.05, 0) is 104 Å². The van der Waals surface area contributed by atoms with Crippen LogP contribution in [-0.4, -0.2) is 70.9 Å². The number of carbonyl (C=O) groups excluding carboxylic acids is 4. The van der Waals surface area contributed by atoms with Crippen molar-refractivity contribution < 1.29 is 38.1 Å². The van der Waals surface area contributed by atoms with E-state index in [0.29, 0.717) is 79.4 Å². The van der Waals surface area contributed by atoms with Gasteiger partial charge in [-0.1, -0.05) is 47.5 Å². The number of benzene rings is 4. The van der Waals surface area contributed by atoms with Crippen LogP contribution in [0, 0.1) is 13.8 Å². The Bertz CT molecular complexity index is 3090. The average Bonchev–Trinajstić information content (AvgIpc) is 3.76. The fourth-order valence-electron chi connectivity index (χ4n) is 7.46. The lowest BCUT2D eigenvalue weighted by molar-refractivity contribution is -0.113. The minimum absolute atomic E-state index is 0.229. The van der Waals surface area contributed by atoms with Crippen molar-refractivity contribution in [2.24, 2.45) is 0 Å². The summed E-state index contributed by atoms with van der Waals surface area (Å²) in [6.45, 7) is 4.68. The predicted octanol–water partition coefficient (Wildman–Crippen LogP) is 9.77. The van der Waals surface area contributed by atoms with Gasteiger partial charge >= 0.3 is 0 Å². The minimum atomic E-state index is -0.785. The number of amides is 2. The predicted molar refractivity (Wildman–Crippen MR) is 255 cm³/mol. The number of ketones is 2. The van der Waals surface area contributed by atoms with Gasteiger partial charge in [0.05, 0.1) is 45.8 Å². The molecule has 0 radical (unpaired) electrons. The molecule has 0 unspecified atom stereocenters.